The molecule has 0 radical (unpaired) electrons. The monoisotopic (exact) mass is 222 g/mol. The molecule has 4 nitrogen and oxygen atoms in total. The van der Waals surface area contributed by atoms with Crippen molar-refractivity contribution in [3.63, 3.8) is 0 Å². The molecule has 6 heteroatoms. The molecule has 0 saturated heterocycles. The normalized spacial score (nSPS) is 10.7. The van der Waals surface area contributed by atoms with Crippen molar-refractivity contribution in [2.24, 2.45) is 11.5 Å². The van der Waals surface area contributed by atoms with Gasteiger partial charge in [0.1, 0.15) is 0 Å². The minimum atomic E-state index is -0.476. The first-order valence-electron chi connectivity index (χ1n) is 3.41. The van der Waals surface area contributed by atoms with E-state index in [0.29, 0.717) is 5.75 Å². The van der Waals surface area contributed by atoms with Gasteiger partial charge in [0.15, 0.2) is 5.78 Å². The van der Waals surface area contributed by atoms with Gasteiger partial charge in [-0.15, -0.1) is 0 Å². The maximum Gasteiger partial charge on any atom is 0.227 e. The summed E-state index contributed by atoms with van der Waals surface area (Å²) in [6.07, 6.45) is 1.21. The fourth-order valence-electron chi connectivity index (χ4n) is 0.241. The van der Waals surface area contributed by atoms with E-state index in [-0.39, 0.29) is 17.4 Å². The van der Waals surface area contributed by atoms with Crippen LogP contribution in [-0.2, 0) is 9.59 Å². The van der Waals surface area contributed by atoms with Crippen LogP contribution in [0.15, 0.2) is 12.7 Å². The average Bonchev–Trinajstić information content (AvgIpc) is 2.16. The number of nitrogens with two attached hydrogens (primary N) is 2. The van der Waals surface area contributed by atoms with E-state index < -0.39 is 6.04 Å². The van der Waals surface area contributed by atoms with Crippen LogP contribution in [0.3, 0.4) is 0 Å². The summed E-state index contributed by atoms with van der Waals surface area (Å²) in [4.78, 5) is 20.0. The van der Waals surface area contributed by atoms with E-state index in [9.17, 15) is 9.59 Å². The molecule has 13 heavy (non-hydrogen) atoms. The third kappa shape index (κ3) is 11.5. The van der Waals surface area contributed by atoms with E-state index in [1.54, 1.807) is 0 Å². The van der Waals surface area contributed by atoms with Crippen molar-refractivity contribution in [2.45, 2.75) is 6.04 Å². The largest absolute Gasteiger partial charge is 0.369 e. The Balaban J connectivity index is 0. The average molecular weight is 222 g/mol. The zero-order valence-electron chi connectivity index (χ0n) is 7.14. The number of primary amides is 1. The van der Waals surface area contributed by atoms with Crippen LogP contribution in [0, 0.1) is 0 Å². The lowest BCUT2D eigenvalue weighted by atomic mass is 10.2. The summed E-state index contributed by atoms with van der Waals surface area (Å²) in [6, 6.07) is -0.476. The molecule has 0 aliphatic heterocycles. The van der Waals surface area contributed by atoms with Gasteiger partial charge in [-0.3, -0.25) is 9.59 Å². The smallest absolute Gasteiger partial charge is 0.227 e. The second-order valence-corrected chi connectivity index (χ2v) is 2.70. The summed E-state index contributed by atoms with van der Waals surface area (Å²) in [5.41, 5.74) is 9.81. The Kier molecular flexibility index (Phi) is 11.1. The highest BCUT2D eigenvalue weighted by Crippen LogP contribution is 1.85. The molecule has 0 spiro atoms. The molecule has 1 atom stereocenters. The van der Waals surface area contributed by atoms with E-state index >= 15 is 0 Å². The van der Waals surface area contributed by atoms with E-state index in [2.05, 4.69) is 37.6 Å². The Morgan fingerprint density at radius 2 is 1.85 bits per heavy atom. The minimum Gasteiger partial charge on any atom is -0.369 e. The van der Waals surface area contributed by atoms with Crippen LogP contribution in [0.1, 0.15) is 0 Å². The van der Waals surface area contributed by atoms with Gasteiger partial charge in [-0.25, -0.2) is 0 Å². The summed E-state index contributed by atoms with van der Waals surface area (Å²) in [7, 11) is 0. The SMILES string of the molecule is C=CC(=O)C(N)CS.NC(=O)CS. The van der Waals surface area contributed by atoms with Crippen LogP contribution in [0.25, 0.3) is 0 Å². The molecule has 76 valence electrons. The zero-order chi connectivity index (χ0) is 10.9. The van der Waals surface area contributed by atoms with Gasteiger partial charge < -0.3 is 11.5 Å². The summed E-state index contributed by atoms with van der Waals surface area (Å²) in [5.74, 6) is -0.0152. The van der Waals surface area contributed by atoms with Crippen molar-refractivity contribution in [3.8, 4) is 0 Å². The number of hydrogen-bond acceptors (Lipinski definition) is 5. The van der Waals surface area contributed by atoms with E-state index in [4.69, 9.17) is 5.73 Å². The Labute approximate surface area is 88.6 Å². The number of hydrogen-bond donors (Lipinski definition) is 4. The van der Waals surface area contributed by atoms with Gasteiger partial charge in [-0.1, -0.05) is 6.58 Å². The number of thiol groups is 2. The van der Waals surface area contributed by atoms with E-state index in [1.807, 2.05) is 0 Å². The second-order valence-electron chi connectivity index (χ2n) is 2.02. The minimum absolute atomic E-state index is 0.139. The van der Waals surface area contributed by atoms with Gasteiger partial charge in [0.05, 0.1) is 11.8 Å². The van der Waals surface area contributed by atoms with E-state index in [1.165, 1.54) is 6.08 Å². The van der Waals surface area contributed by atoms with Gasteiger partial charge in [-0.05, 0) is 6.08 Å². The van der Waals surface area contributed by atoms with Crippen LogP contribution >= 0.6 is 25.3 Å². The first-order chi connectivity index (χ1) is 5.99. The van der Waals surface area contributed by atoms with Crippen molar-refractivity contribution >= 4 is 36.9 Å². The molecule has 1 unspecified atom stereocenters. The molecule has 0 saturated carbocycles. The lowest BCUT2D eigenvalue weighted by Gasteiger charge is -1.99. The summed E-state index contributed by atoms with van der Waals surface area (Å²) >= 11 is 7.36. The lowest BCUT2D eigenvalue weighted by molar-refractivity contribution is -0.116. The maximum absolute atomic E-state index is 10.5. The Bertz CT molecular complexity index is 185. The van der Waals surface area contributed by atoms with E-state index in [0.717, 1.165) is 0 Å². The number of rotatable bonds is 4. The van der Waals surface area contributed by atoms with Crippen molar-refractivity contribution in [1.29, 1.82) is 0 Å². The molecule has 0 aliphatic carbocycles. The fraction of sp³-hybridized carbons (Fsp3) is 0.429. The van der Waals surface area contributed by atoms with Crippen LogP contribution in [-0.4, -0.2) is 29.2 Å². The van der Waals surface area contributed by atoms with Crippen LogP contribution in [0.2, 0.25) is 0 Å². The Morgan fingerprint density at radius 3 is 1.92 bits per heavy atom. The molecule has 0 bridgehead atoms. The number of amides is 1. The quantitative estimate of drug-likeness (QED) is 0.378. The van der Waals surface area contributed by atoms with Crippen molar-refractivity contribution < 1.29 is 9.59 Å². The highest BCUT2D eigenvalue weighted by Gasteiger charge is 2.04. The van der Waals surface area contributed by atoms with Crippen LogP contribution in [0.5, 0.6) is 0 Å². The van der Waals surface area contributed by atoms with Crippen molar-refractivity contribution in [2.75, 3.05) is 11.5 Å². The predicted molar refractivity (Wildman–Crippen MR) is 60.1 cm³/mol. The summed E-state index contributed by atoms with van der Waals surface area (Å²) < 4.78 is 0. The Morgan fingerprint density at radius 1 is 1.46 bits per heavy atom. The first kappa shape index (κ1) is 15.0. The molecular formula is C7H14N2O2S2. The molecule has 0 aromatic rings. The van der Waals surface area contributed by atoms with Crippen LogP contribution in [0.4, 0.5) is 0 Å². The first-order valence-corrected chi connectivity index (χ1v) is 4.68. The standard InChI is InChI=1S/C5H9NOS.C2H5NOS/c1-2-5(7)4(6)3-8;3-2(4)1-5/h2,4,8H,1,3,6H2;5H,1H2,(H2,3,4). The third-order valence-corrected chi connectivity index (χ3v) is 1.62. The van der Waals surface area contributed by atoms with Gasteiger partial charge in [0.25, 0.3) is 0 Å². The number of carbonyl (C=O) groups excluding carboxylic acids is 2. The highest BCUT2D eigenvalue weighted by atomic mass is 32.1. The molecule has 0 aromatic heterocycles. The molecule has 0 heterocycles. The Hall–Kier alpha value is -0.460. The topological polar surface area (TPSA) is 86.2 Å². The molecule has 0 aliphatic rings. The third-order valence-electron chi connectivity index (χ3n) is 0.919. The molecule has 0 rings (SSSR count). The zero-order valence-corrected chi connectivity index (χ0v) is 8.93. The number of ketones is 1. The highest BCUT2D eigenvalue weighted by molar-refractivity contribution is 7.81. The van der Waals surface area contributed by atoms with Crippen LogP contribution < -0.4 is 11.5 Å². The van der Waals surface area contributed by atoms with Gasteiger partial charge in [0, 0.05) is 5.75 Å². The predicted octanol–water partition coefficient (Wildman–Crippen LogP) is -0.600. The van der Waals surface area contributed by atoms with Crippen molar-refractivity contribution in [3.05, 3.63) is 12.7 Å². The number of carbonyl (C=O) groups is 2. The molecule has 4 N–H and O–H groups in total. The molecule has 0 aromatic carbocycles. The molecular weight excluding hydrogens is 208 g/mol. The maximum atomic E-state index is 10.5. The van der Waals surface area contributed by atoms with Crippen molar-refractivity contribution in [1.82, 2.24) is 0 Å². The second kappa shape index (κ2) is 9.63. The van der Waals surface area contributed by atoms with Gasteiger partial charge in [0.2, 0.25) is 5.91 Å². The summed E-state index contributed by atoms with van der Waals surface area (Å²) in [5, 5.41) is 0. The van der Waals surface area contributed by atoms with Gasteiger partial charge >= 0.3 is 0 Å². The summed E-state index contributed by atoms with van der Waals surface area (Å²) in [6.45, 7) is 3.27. The molecule has 1 amide bonds. The lowest BCUT2D eigenvalue weighted by Crippen LogP contribution is -2.30. The van der Waals surface area contributed by atoms with Gasteiger partial charge in [-0.2, -0.15) is 25.3 Å². The fourth-order valence-corrected chi connectivity index (χ4v) is 0.421. The molecule has 0 fully saturated rings.